The maximum atomic E-state index is 5.73. The molecule has 1 aliphatic heterocycles. The van der Waals surface area contributed by atoms with E-state index in [1.165, 1.54) is 19.3 Å². The molecule has 0 radical (unpaired) electrons. The molecule has 1 aliphatic rings. The molecule has 88 valence electrons. The van der Waals surface area contributed by atoms with Crippen molar-refractivity contribution in [1.82, 2.24) is 10.2 Å². The number of anilines is 1. The van der Waals surface area contributed by atoms with Crippen LogP contribution in [0.1, 0.15) is 25.7 Å². The molecule has 1 fully saturated rings. The predicted molar refractivity (Wildman–Crippen MR) is 63.7 cm³/mol. The molecule has 0 amide bonds. The SMILES string of the molecule is Clc1cc(NCCC2CCCCO2)cnn1. The van der Waals surface area contributed by atoms with E-state index in [1.807, 2.05) is 0 Å². The Bertz CT molecular complexity index is 329. The fraction of sp³-hybridized carbons (Fsp3) is 0.636. The van der Waals surface area contributed by atoms with Gasteiger partial charge < -0.3 is 10.1 Å². The third-order valence-electron chi connectivity index (χ3n) is 2.69. The molecule has 1 atom stereocenters. The second-order valence-electron chi connectivity index (χ2n) is 3.97. The number of hydrogen-bond donors (Lipinski definition) is 1. The van der Waals surface area contributed by atoms with E-state index in [0.29, 0.717) is 11.3 Å². The lowest BCUT2D eigenvalue weighted by molar-refractivity contribution is 0.0134. The predicted octanol–water partition coefficient (Wildman–Crippen LogP) is 2.50. The van der Waals surface area contributed by atoms with Gasteiger partial charge in [0.1, 0.15) is 0 Å². The third-order valence-corrected chi connectivity index (χ3v) is 2.88. The van der Waals surface area contributed by atoms with Crippen LogP contribution in [-0.4, -0.2) is 29.5 Å². The summed E-state index contributed by atoms with van der Waals surface area (Å²) in [5, 5.41) is 11.1. The molecule has 1 N–H and O–H groups in total. The summed E-state index contributed by atoms with van der Waals surface area (Å²) in [5.41, 5.74) is 0.913. The van der Waals surface area contributed by atoms with E-state index < -0.39 is 0 Å². The second kappa shape index (κ2) is 6.01. The van der Waals surface area contributed by atoms with Gasteiger partial charge in [0, 0.05) is 19.2 Å². The number of halogens is 1. The molecule has 1 saturated heterocycles. The average molecular weight is 242 g/mol. The van der Waals surface area contributed by atoms with Crippen LogP contribution in [0.2, 0.25) is 5.15 Å². The fourth-order valence-electron chi connectivity index (χ4n) is 1.85. The Morgan fingerprint density at radius 3 is 3.19 bits per heavy atom. The van der Waals surface area contributed by atoms with E-state index in [1.54, 1.807) is 12.3 Å². The van der Waals surface area contributed by atoms with E-state index in [9.17, 15) is 0 Å². The summed E-state index contributed by atoms with van der Waals surface area (Å²) in [6.45, 7) is 1.79. The average Bonchev–Trinajstić information content (AvgIpc) is 2.30. The summed E-state index contributed by atoms with van der Waals surface area (Å²) in [6, 6.07) is 1.77. The van der Waals surface area contributed by atoms with Gasteiger partial charge in [-0.15, -0.1) is 5.10 Å². The topological polar surface area (TPSA) is 47.0 Å². The Hall–Kier alpha value is -0.870. The van der Waals surface area contributed by atoms with Crippen molar-refractivity contribution in [2.45, 2.75) is 31.8 Å². The standard InChI is InChI=1S/C11H16ClN3O/c12-11-7-9(8-14-15-11)13-5-4-10-3-1-2-6-16-10/h7-8,10H,1-6H2,(H,13,15). The third kappa shape index (κ3) is 3.61. The molecule has 1 unspecified atom stereocenters. The fourth-order valence-corrected chi connectivity index (χ4v) is 2.01. The molecule has 0 aromatic carbocycles. The van der Waals surface area contributed by atoms with Crippen molar-refractivity contribution in [2.75, 3.05) is 18.5 Å². The van der Waals surface area contributed by atoms with Crippen molar-refractivity contribution < 1.29 is 4.74 Å². The molecular formula is C11H16ClN3O. The van der Waals surface area contributed by atoms with Gasteiger partial charge in [0.25, 0.3) is 0 Å². The van der Waals surface area contributed by atoms with Crippen molar-refractivity contribution in [3.05, 3.63) is 17.4 Å². The molecule has 4 nitrogen and oxygen atoms in total. The number of nitrogens with zero attached hydrogens (tertiary/aromatic N) is 2. The summed E-state index contributed by atoms with van der Waals surface area (Å²) in [6.07, 6.45) is 6.78. The molecule has 0 aliphatic carbocycles. The van der Waals surface area contributed by atoms with Crippen LogP contribution in [-0.2, 0) is 4.74 Å². The first-order chi connectivity index (χ1) is 7.84. The van der Waals surface area contributed by atoms with E-state index in [4.69, 9.17) is 16.3 Å². The van der Waals surface area contributed by atoms with Gasteiger partial charge in [-0.1, -0.05) is 11.6 Å². The van der Waals surface area contributed by atoms with Gasteiger partial charge in [-0.25, -0.2) is 0 Å². The Morgan fingerprint density at radius 1 is 1.50 bits per heavy atom. The second-order valence-corrected chi connectivity index (χ2v) is 4.36. The molecule has 0 spiro atoms. The molecule has 5 heteroatoms. The molecule has 2 rings (SSSR count). The number of rotatable bonds is 4. The van der Waals surface area contributed by atoms with Crippen LogP contribution < -0.4 is 5.32 Å². The smallest absolute Gasteiger partial charge is 0.153 e. The Labute approximate surface area is 100 Å². The zero-order valence-corrected chi connectivity index (χ0v) is 9.91. The Morgan fingerprint density at radius 2 is 2.44 bits per heavy atom. The molecule has 2 heterocycles. The number of hydrogen-bond acceptors (Lipinski definition) is 4. The maximum Gasteiger partial charge on any atom is 0.153 e. The van der Waals surface area contributed by atoms with Crippen LogP contribution >= 0.6 is 11.6 Å². The van der Waals surface area contributed by atoms with Gasteiger partial charge in [-0.3, -0.25) is 0 Å². The number of aromatic nitrogens is 2. The van der Waals surface area contributed by atoms with Crippen molar-refractivity contribution in [3.63, 3.8) is 0 Å². The van der Waals surface area contributed by atoms with Crippen LogP contribution in [0.3, 0.4) is 0 Å². The van der Waals surface area contributed by atoms with Gasteiger partial charge in [-0.05, 0) is 25.7 Å². The quantitative estimate of drug-likeness (QED) is 0.880. The summed E-state index contributed by atoms with van der Waals surface area (Å²) < 4.78 is 5.65. The lowest BCUT2D eigenvalue weighted by Crippen LogP contribution is -2.22. The first-order valence-electron chi connectivity index (χ1n) is 5.68. The van der Waals surface area contributed by atoms with Gasteiger partial charge in [0.05, 0.1) is 18.0 Å². The maximum absolute atomic E-state index is 5.73. The van der Waals surface area contributed by atoms with Gasteiger partial charge in [0.2, 0.25) is 0 Å². The van der Waals surface area contributed by atoms with Crippen LogP contribution in [0, 0.1) is 0 Å². The molecule has 0 saturated carbocycles. The number of nitrogens with one attached hydrogen (secondary N) is 1. The van der Waals surface area contributed by atoms with Crippen LogP contribution in [0.4, 0.5) is 5.69 Å². The molecule has 16 heavy (non-hydrogen) atoms. The summed E-state index contributed by atoms with van der Waals surface area (Å²) in [5.74, 6) is 0. The normalized spacial score (nSPS) is 20.7. The lowest BCUT2D eigenvalue weighted by atomic mass is 10.1. The van der Waals surface area contributed by atoms with Crippen LogP contribution in [0.5, 0.6) is 0 Å². The summed E-state index contributed by atoms with van der Waals surface area (Å²) in [4.78, 5) is 0. The monoisotopic (exact) mass is 241 g/mol. The van der Waals surface area contributed by atoms with E-state index in [0.717, 1.165) is 25.3 Å². The van der Waals surface area contributed by atoms with E-state index >= 15 is 0 Å². The Kier molecular flexibility index (Phi) is 4.36. The van der Waals surface area contributed by atoms with Crippen molar-refractivity contribution in [1.29, 1.82) is 0 Å². The molecular weight excluding hydrogens is 226 g/mol. The van der Waals surface area contributed by atoms with Crippen molar-refractivity contribution >= 4 is 17.3 Å². The highest BCUT2D eigenvalue weighted by molar-refractivity contribution is 6.29. The van der Waals surface area contributed by atoms with E-state index in [-0.39, 0.29) is 0 Å². The Balaban J connectivity index is 1.71. The first-order valence-corrected chi connectivity index (χ1v) is 6.06. The minimum atomic E-state index is 0.409. The minimum Gasteiger partial charge on any atom is -0.384 e. The number of ether oxygens (including phenoxy) is 1. The zero-order valence-electron chi connectivity index (χ0n) is 9.16. The van der Waals surface area contributed by atoms with Crippen molar-refractivity contribution in [2.24, 2.45) is 0 Å². The van der Waals surface area contributed by atoms with Gasteiger partial charge in [-0.2, -0.15) is 5.10 Å². The molecule has 0 bridgehead atoms. The lowest BCUT2D eigenvalue weighted by Gasteiger charge is -2.22. The van der Waals surface area contributed by atoms with Crippen LogP contribution in [0.15, 0.2) is 12.3 Å². The highest BCUT2D eigenvalue weighted by Gasteiger charge is 2.12. The van der Waals surface area contributed by atoms with Crippen LogP contribution in [0.25, 0.3) is 0 Å². The highest BCUT2D eigenvalue weighted by atomic mass is 35.5. The highest BCUT2D eigenvalue weighted by Crippen LogP contribution is 2.16. The summed E-state index contributed by atoms with van der Waals surface area (Å²) in [7, 11) is 0. The largest absolute Gasteiger partial charge is 0.384 e. The van der Waals surface area contributed by atoms with Gasteiger partial charge >= 0.3 is 0 Å². The first kappa shape index (κ1) is 11.6. The van der Waals surface area contributed by atoms with Gasteiger partial charge in [0.15, 0.2) is 5.15 Å². The molecule has 1 aromatic rings. The zero-order chi connectivity index (χ0) is 11.2. The van der Waals surface area contributed by atoms with Crippen molar-refractivity contribution in [3.8, 4) is 0 Å². The van der Waals surface area contributed by atoms with E-state index in [2.05, 4.69) is 15.5 Å². The minimum absolute atomic E-state index is 0.409. The molecule has 1 aromatic heterocycles. The summed E-state index contributed by atoms with van der Waals surface area (Å²) >= 11 is 5.73.